The van der Waals surface area contributed by atoms with Gasteiger partial charge in [-0.05, 0) is 26.0 Å². The molecule has 8 nitrogen and oxygen atoms in total. The molecule has 0 aromatic heterocycles. The highest BCUT2D eigenvalue weighted by Crippen LogP contribution is 2.29. The number of anilines is 1. The molecule has 158 valence electrons. The summed E-state index contributed by atoms with van der Waals surface area (Å²) in [7, 11) is 0. The number of nitrogens with zero attached hydrogens (tertiary/aromatic N) is 3. The summed E-state index contributed by atoms with van der Waals surface area (Å²) in [4.78, 5) is 41.3. The number of rotatable bonds is 8. The number of ether oxygens (including phenoxy) is 1. The Morgan fingerprint density at radius 1 is 1.21 bits per heavy atom. The van der Waals surface area contributed by atoms with E-state index in [0.29, 0.717) is 6.61 Å². The van der Waals surface area contributed by atoms with Crippen molar-refractivity contribution < 1.29 is 19.1 Å². The zero-order valence-electron chi connectivity index (χ0n) is 16.9. The standard InChI is InChI=1S/C20H28N4O4S/c1-3-28-17-7-5-4-6-16(17)23-12-10-22(11-13-23)15(2)19(26)21-8-9-24-18(25)14-29-20(24)27/h4-7,15H,3,8-14H2,1-2H3,(H,21,26)/t15-/m1/s1. The summed E-state index contributed by atoms with van der Waals surface area (Å²) < 4.78 is 5.73. The summed E-state index contributed by atoms with van der Waals surface area (Å²) >= 11 is 1.01. The van der Waals surface area contributed by atoms with Crippen LogP contribution in [-0.4, -0.2) is 84.5 Å². The van der Waals surface area contributed by atoms with Gasteiger partial charge in [-0.2, -0.15) is 0 Å². The summed E-state index contributed by atoms with van der Waals surface area (Å²) in [5.41, 5.74) is 1.09. The Morgan fingerprint density at radius 3 is 2.59 bits per heavy atom. The van der Waals surface area contributed by atoms with Crippen LogP contribution >= 0.6 is 11.8 Å². The first-order valence-electron chi connectivity index (χ1n) is 9.97. The first kappa shape index (κ1) is 21.4. The third kappa shape index (κ3) is 5.22. The fraction of sp³-hybridized carbons (Fsp3) is 0.550. The van der Waals surface area contributed by atoms with E-state index in [4.69, 9.17) is 4.74 Å². The summed E-state index contributed by atoms with van der Waals surface area (Å²) in [5, 5.41) is 2.61. The Labute approximate surface area is 175 Å². The van der Waals surface area contributed by atoms with Gasteiger partial charge in [0.15, 0.2) is 0 Å². The molecule has 2 fully saturated rings. The number of hydrogen-bond acceptors (Lipinski definition) is 7. The van der Waals surface area contributed by atoms with Crippen LogP contribution in [0.15, 0.2) is 24.3 Å². The fourth-order valence-electron chi connectivity index (χ4n) is 3.55. The topological polar surface area (TPSA) is 82.2 Å². The van der Waals surface area contributed by atoms with Crippen LogP contribution in [0.3, 0.4) is 0 Å². The molecule has 0 aliphatic carbocycles. The van der Waals surface area contributed by atoms with Gasteiger partial charge in [-0.1, -0.05) is 23.9 Å². The number of para-hydroxylation sites is 2. The van der Waals surface area contributed by atoms with Crippen molar-refractivity contribution in [2.75, 3.05) is 56.5 Å². The lowest BCUT2D eigenvalue weighted by molar-refractivity contribution is -0.127. The summed E-state index contributed by atoms with van der Waals surface area (Å²) in [5.74, 6) is 0.809. The number of carbonyl (C=O) groups is 3. The van der Waals surface area contributed by atoms with Crippen molar-refractivity contribution in [3.05, 3.63) is 24.3 Å². The number of imide groups is 1. The van der Waals surface area contributed by atoms with Crippen LogP contribution in [0.1, 0.15) is 13.8 Å². The van der Waals surface area contributed by atoms with E-state index in [1.54, 1.807) is 0 Å². The predicted octanol–water partition coefficient (Wildman–Crippen LogP) is 1.41. The van der Waals surface area contributed by atoms with E-state index in [1.807, 2.05) is 32.0 Å². The molecular formula is C20H28N4O4S. The minimum absolute atomic E-state index is 0.0834. The lowest BCUT2D eigenvalue weighted by Gasteiger charge is -2.39. The van der Waals surface area contributed by atoms with Gasteiger partial charge < -0.3 is 15.0 Å². The highest BCUT2D eigenvalue weighted by molar-refractivity contribution is 8.14. The van der Waals surface area contributed by atoms with Crippen LogP contribution in [0.2, 0.25) is 0 Å². The predicted molar refractivity (Wildman–Crippen MR) is 113 cm³/mol. The van der Waals surface area contributed by atoms with Crippen LogP contribution in [0.25, 0.3) is 0 Å². The van der Waals surface area contributed by atoms with Gasteiger partial charge in [-0.3, -0.25) is 24.2 Å². The largest absolute Gasteiger partial charge is 0.492 e. The van der Waals surface area contributed by atoms with Crippen molar-refractivity contribution in [2.24, 2.45) is 0 Å². The fourth-order valence-corrected chi connectivity index (χ4v) is 4.30. The van der Waals surface area contributed by atoms with Crippen LogP contribution in [0.5, 0.6) is 5.75 Å². The maximum atomic E-state index is 12.5. The molecule has 0 spiro atoms. The van der Waals surface area contributed by atoms with E-state index in [0.717, 1.165) is 49.4 Å². The Balaban J connectivity index is 1.46. The summed E-state index contributed by atoms with van der Waals surface area (Å²) in [6.45, 7) is 8.18. The van der Waals surface area contributed by atoms with Crippen molar-refractivity contribution >= 4 is 34.5 Å². The lowest BCUT2D eigenvalue weighted by atomic mass is 10.2. The van der Waals surface area contributed by atoms with E-state index < -0.39 is 0 Å². The molecule has 0 bridgehead atoms. The van der Waals surface area contributed by atoms with Crippen LogP contribution < -0.4 is 15.0 Å². The van der Waals surface area contributed by atoms with Gasteiger partial charge in [-0.15, -0.1) is 0 Å². The highest BCUT2D eigenvalue weighted by Gasteiger charge is 2.30. The van der Waals surface area contributed by atoms with Crippen molar-refractivity contribution in [3.8, 4) is 5.75 Å². The highest BCUT2D eigenvalue weighted by atomic mass is 32.2. The van der Waals surface area contributed by atoms with Gasteiger partial charge in [0, 0.05) is 39.3 Å². The monoisotopic (exact) mass is 420 g/mol. The number of piperazine rings is 1. The molecule has 3 amide bonds. The molecule has 2 aliphatic rings. The Hall–Kier alpha value is -2.26. The smallest absolute Gasteiger partial charge is 0.288 e. The van der Waals surface area contributed by atoms with E-state index >= 15 is 0 Å². The zero-order valence-corrected chi connectivity index (χ0v) is 17.7. The third-order valence-corrected chi connectivity index (χ3v) is 6.08. The number of benzene rings is 1. The van der Waals surface area contributed by atoms with Gasteiger partial charge in [0.2, 0.25) is 11.8 Å². The molecule has 0 saturated carbocycles. The molecule has 0 radical (unpaired) electrons. The van der Waals surface area contributed by atoms with Crippen LogP contribution in [0.4, 0.5) is 10.5 Å². The van der Waals surface area contributed by atoms with Crippen LogP contribution in [-0.2, 0) is 9.59 Å². The molecule has 3 rings (SSSR count). The zero-order chi connectivity index (χ0) is 20.8. The molecule has 9 heteroatoms. The molecule has 29 heavy (non-hydrogen) atoms. The average molecular weight is 421 g/mol. The second kappa shape index (κ2) is 9.98. The van der Waals surface area contributed by atoms with E-state index in [2.05, 4.69) is 21.2 Å². The maximum Gasteiger partial charge on any atom is 0.288 e. The molecule has 0 unspecified atom stereocenters. The minimum atomic E-state index is -0.265. The van der Waals surface area contributed by atoms with Crippen molar-refractivity contribution in [1.82, 2.24) is 15.1 Å². The first-order valence-corrected chi connectivity index (χ1v) is 11.0. The van der Waals surface area contributed by atoms with E-state index in [1.165, 1.54) is 4.90 Å². The quantitative estimate of drug-likeness (QED) is 0.681. The van der Waals surface area contributed by atoms with E-state index in [-0.39, 0.29) is 41.9 Å². The lowest BCUT2D eigenvalue weighted by Crippen LogP contribution is -2.54. The van der Waals surface area contributed by atoms with Gasteiger partial charge in [-0.25, -0.2) is 0 Å². The number of thioether (sulfide) groups is 1. The van der Waals surface area contributed by atoms with Crippen molar-refractivity contribution in [2.45, 2.75) is 19.9 Å². The molecular weight excluding hydrogens is 392 g/mol. The minimum Gasteiger partial charge on any atom is -0.492 e. The Kier molecular flexibility index (Phi) is 7.38. The Morgan fingerprint density at radius 2 is 1.93 bits per heavy atom. The average Bonchev–Trinajstić information content (AvgIpc) is 3.06. The van der Waals surface area contributed by atoms with E-state index in [9.17, 15) is 14.4 Å². The normalized spacial score (nSPS) is 18.8. The van der Waals surface area contributed by atoms with Crippen molar-refractivity contribution in [1.29, 1.82) is 0 Å². The SMILES string of the molecule is CCOc1ccccc1N1CCN([C@H](C)C(=O)NCCN2C(=O)CSC2=O)CC1. The van der Waals surface area contributed by atoms with Gasteiger partial charge >= 0.3 is 0 Å². The number of carbonyl (C=O) groups excluding carboxylic acids is 3. The molecule has 1 N–H and O–H groups in total. The van der Waals surface area contributed by atoms with Crippen LogP contribution in [0, 0.1) is 0 Å². The first-order chi connectivity index (χ1) is 14.0. The maximum absolute atomic E-state index is 12.5. The number of hydrogen-bond donors (Lipinski definition) is 1. The molecule has 2 heterocycles. The van der Waals surface area contributed by atoms with Gasteiger partial charge in [0.05, 0.1) is 24.1 Å². The third-order valence-electron chi connectivity index (χ3n) is 5.22. The molecule has 2 saturated heterocycles. The second-order valence-corrected chi connectivity index (χ2v) is 7.92. The van der Waals surface area contributed by atoms with Crippen molar-refractivity contribution in [3.63, 3.8) is 0 Å². The molecule has 1 aromatic rings. The molecule has 1 atom stereocenters. The second-order valence-electron chi connectivity index (χ2n) is 6.99. The number of amides is 3. The summed E-state index contributed by atoms with van der Waals surface area (Å²) in [6.07, 6.45) is 0. The van der Waals surface area contributed by atoms with Gasteiger partial charge in [0.1, 0.15) is 5.75 Å². The van der Waals surface area contributed by atoms with Gasteiger partial charge in [0.25, 0.3) is 5.24 Å². The molecule has 1 aromatic carbocycles. The summed E-state index contributed by atoms with van der Waals surface area (Å²) in [6, 6.07) is 7.76. The Bertz CT molecular complexity index is 736. The molecule has 2 aliphatic heterocycles. The number of nitrogens with one attached hydrogen (secondary N) is 1.